The van der Waals surface area contributed by atoms with Gasteiger partial charge in [0, 0.05) is 18.2 Å². The Morgan fingerprint density at radius 1 is 1.19 bits per heavy atom. The zero-order chi connectivity index (χ0) is 12.4. The van der Waals surface area contributed by atoms with Crippen LogP contribution < -0.4 is 4.72 Å². The van der Waals surface area contributed by atoms with Gasteiger partial charge in [0.15, 0.2) is 0 Å². The Morgan fingerprint density at radius 2 is 1.75 bits per heavy atom. The van der Waals surface area contributed by atoms with Gasteiger partial charge in [-0.1, -0.05) is 0 Å². The van der Waals surface area contributed by atoms with Crippen LogP contribution in [0, 0.1) is 5.92 Å². The summed E-state index contributed by atoms with van der Waals surface area (Å²) >= 11 is 5.76. The molecule has 1 saturated carbocycles. The molecule has 8 heteroatoms. The summed E-state index contributed by atoms with van der Waals surface area (Å²) in [5.41, 5.74) is 0. The largest absolute Gasteiger partial charge is 0.229 e. The summed E-state index contributed by atoms with van der Waals surface area (Å²) in [5, 5.41) is 0.158. The first kappa shape index (κ1) is 14.2. The van der Waals surface area contributed by atoms with E-state index < -0.39 is 19.9 Å². The van der Waals surface area contributed by atoms with E-state index in [9.17, 15) is 16.8 Å². The first-order chi connectivity index (χ1) is 7.18. The topological polar surface area (TPSA) is 80.3 Å². The van der Waals surface area contributed by atoms with Crippen LogP contribution in [0.25, 0.3) is 0 Å². The highest BCUT2D eigenvalue weighted by Gasteiger charge is 2.28. The van der Waals surface area contributed by atoms with Crippen molar-refractivity contribution in [3.63, 3.8) is 0 Å². The van der Waals surface area contributed by atoms with Crippen LogP contribution in [-0.4, -0.2) is 46.5 Å². The molecule has 5 nitrogen and oxygen atoms in total. The molecule has 0 aliphatic heterocycles. The average Bonchev–Trinajstić information content (AvgIpc) is 2.07. The minimum atomic E-state index is -3.48. The van der Waals surface area contributed by atoms with E-state index in [0.29, 0.717) is 6.54 Å². The van der Waals surface area contributed by atoms with Crippen molar-refractivity contribution in [3.05, 3.63) is 0 Å². The van der Waals surface area contributed by atoms with Crippen molar-refractivity contribution >= 4 is 31.5 Å². The van der Waals surface area contributed by atoms with Gasteiger partial charge in [0.2, 0.25) is 10.0 Å². The Balaban J connectivity index is 2.29. The fourth-order valence-corrected chi connectivity index (χ4v) is 4.63. The quantitative estimate of drug-likeness (QED) is 0.696. The Bertz CT molecular complexity index is 425. The summed E-state index contributed by atoms with van der Waals surface area (Å²) in [4.78, 5) is 0. The maximum Gasteiger partial charge on any atom is 0.212 e. The van der Waals surface area contributed by atoms with Crippen molar-refractivity contribution in [1.82, 2.24) is 4.72 Å². The predicted octanol–water partition coefficient (Wildman–Crippen LogP) is -0.0322. The van der Waals surface area contributed by atoms with E-state index >= 15 is 0 Å². The van der Waals surface area contributed by atoms with Crippen molar-refractivity contribution in [1.29, 1.82) is 0 Å². The second-order valence-electron chi connectivity index (χ2n) is 4.23. The third-order valence-corrected chi connectivity index (χ3v) is 5.40. The van der Waals surface area contributed by atoms with E-state index in [-0.39, 0.29) is 22.8 Å². The molecular weight excluding hydrogens is 274 g/mol. The van der Waals surface area contributed by atoms with E-state index in [4.69, 9.17) is 11.6 Å². The molecule has 1 aliphatic carbocycles. The molecule has 0 unspecified atom stereocenters. The molecule has 0 aromatic carbocycles. The highest BCUT2D eigenvalue weighted by molar-refractivity contribution is 7.93. The molecule has 1 aliphatic rings. The van der Waals surface area contributed by atoms with Crippen molar-refractivity contribution in [2.75, 3.05) is 24.3 Å². The summed E-state index contributed by atoms with van der Waals surface area (Å²) in [6.07, 6.45) is 2.65. The summed E-state index contributed by atoms with van der Waals surface area (Å²) in [6, 6.07) is 0. The van der Waals surface area contributed by atoms with Crippen LogP contribution in [0.3, 0.4) is 0 Å². The van der Waals surface area contributed by atoms with Crippen LogP contribution in [0.2, 0.25) is 0 Å². The van der Waals surface area contributed by atoms with Crippen LogP contribution >= 0.6 is 11.6 Å². The van der Waals surface area contributed by atoms with Crippen molar-refractivity contribution in [2.45, 2.75) is 18.2 Å². The van der Waals surface area contributed by atoms with Gasteiger partial charge in [-0.25, -0.2) is 21.6 Å². The monoisotopic (exact) mass is 289 g/mol. The molecule has 96 valence electrons. The van der Waals surface area contributed by atoms with Crippen LogP contribution in [0.5, 0.6) is 0 Å². The Morgan fingerprint density at radius 3 is 2.19 bits per heavy atom. The molecule has 1 fully saturated rings. The van der Waals surface area contributed by atoms with Crippen molar-refractivity contribution in [2.24, 2.45) is 5.92 Å². The molecule has 0 atom stereocenters. The maximum atomic E-state index is 11.4. The molecule has 16 heavy (non-hydrogen) atoms. The molecule has 0 spiro atoms. The number of halogens is 1. The fraction of sp³-hybridized carbons (Fsp3) is 1.00. The number of sulfonamides is 1. The van der Waals surface area contributed by atoms with E-state index in [1.807, 2.05) is 0 Å². The standard InChI is InChI=1S/C8H16ClNO4S2/c1-15(11,12)2-3-16(13,14)10-6-7-4-8(9)5-7/h7-8,10H,2-6H2,1H3. The van der Waals surface area contributed by atoms with Crippen LogP contribution in [-0.2, 0) is 19.9 Å². The zero-order valence-electron chi connectivity index (χ0n) is 9.02. The van der Waals surface area contributed by atoms with Crippen LogP contribution in [0.1, 0.15) is 12.8 Å². The number of nitrogens with one attached hydrogen (secondary N) is 1. The van der Waals surface area contributed by atoms with E-state index in [0.717, 1.165) is 19.1 Å². The van der Waals surface area contributed by atoms with E-state index in [1.165, 1.54) is 0 Å². The fourth-order valence-electron chi connectivity index (χ4n) is 1.40. The van der Waals surface area contributed by atoms with Gasteiger partial charge in [0.1, 0.15) is 9.84 Å². The Hall–Kier alpha value is 0.150. The zero-order valence-corrected chi connectivity index (χ0v) is 11.4. The molecule has 0 heterocycles. The Labute approximate surface area is 102 Å². The number of rotatable bonds is 6. The lowest BCUT2D eigenvalue weighted by Crippen LogP contribution is -2.38. The minimum absolute atomic E-state index is 0.158. The van der Waals surface area contributed by atoms with Crippen LogP contribution in [0.4, 0.5) is 0 Å². The van der Waals surface area contributed by atoms with Gasteiger partial charge < -0.3 is 0 Å². The maximum absolute atomic E-state index is 11.4. The summed E-state index contributed by atoms with van der Waals surface area (Å²) in [5.74, 6) is -0.427. The third-order valence-electron chi connectivity index (χ3n) is 2.49. The molecule has 0 aromatic heterocycles. The lowest BCUT2D eigenvalue weighted by molar-refractivity contribution is 0.324. The van der Waals surface area contributed by atoms with Crippen molar-refractivity contribution in [3.8, 4) is 0 Å². The third kappa shape index (κ3) is 5.47. The lowest BCUT2D eigenvalue weighted by Gasteiger charge is -2.30. The average molecular weight is 290 g/mol. The first-order valence-corrected chi connectivity index (χ1v) is 9.12. The number of sulfone groups is 1. The summed E-state index contributed by atoms with van der Waals surface area (Å²) < 4.78 is 46.8. The summed E-state index contributed by atoms with van der Waals surface area (Å²) in [7, 11) is -6.71. The van der Waals surface area contributed by atoms with Gasteiger partial charge >= 0.3 is 0 Å². The van der Waals surface area contributed by atoms with Gasteiger partial charge in [0.25, 0.3) is 0 Å². The van der Waals surface area contributed by atoms with Crippen LogP contribution in [0.15, 0.2) is 0 Å². The van der Waals surface area contributed by atoms with Gasteiger partial charge in [-0.15, -0.1) is 11.6 Å². The molecule has 0 saturated heterocycles. The molecule has 1 N–H and O–H groups in total. The number of hydrogen-bond acceptors (Lipinski definition) is 4. The SMILES string of the molecule is CS(=O)(=O)CCS(=O)(=O)NCC1CC(Cl)C1. The van der Waals surface area contributed by atoms with Crippen molar-refractivity contribution < 1.29 is 16.8 Å². The summed E-state index contributed by atoms with van der Waals surface area (Å²) in [6.45, 7) is 0.356. The number of alkyl halides is 1. The Kier molecular flexibility index (Phi) is 4.62. The minimum Gasteiger partial charge on any atom is -0.229 e. The second-order valence-corrected chi connectivity index (χ2v) is 9.04. The molecule has 1 rings (SSSR count). The van der Waals surface area contributed by atoms with E-state index in [1.54, 1.807) is 0 Å². The molecule has 0 amide bonds. The normalized spacial score (nSPS) is 26.4. The smallest absolute Gasteiger partial charge is 0.212 e. The van der Waals surface area contributed by atoms with E-state index in [2.05, 4.69) is 4.72 Å². The number of hydrogen-bond donors (Lipinski definition) is 1. The highest BCUT2D eigenvalue weighted by Crippen LogP contribution is 2.31. The predicted molar refractivity (Wildman–Crippen MR) is 63.9 cm³/mol. The molecule has 0 radical (unpaired) electrons. The van der Waals surface area contributed by atoms with Gasteiger partial charge in [0.05, 0.1) is 11.5 Å². The molecule has 0 aromatic rings. The van der Waals surface area contributed by atoms with Gasteiger partial charge in [-0.05, 0) is 18.8 Å². The first-order valence-electron chi connectivity index (χ1n) is 4.97. The van der Waals surface area contributed by atoms with Gasteiger partial charge in [-0.3, -0.25) is 0 Å². The van der Waals surface area contributed by atoms with Gasteiger partial charge in [-0.2, -0.15) is 0 Å². The molecular formula is C8H16ClNO4S2. The lowest BCUT2D eigenvalue weighted by atomic mass is 9.85. The second kappa shape index (κ2) is 5.20. The highest BCUT2D eigenvalue weighted by atomic mass is 35.5. The molecule has 0 bridgehead atoms.